The Balaban J connectivity index is 3.37. The highest BCUT2D eigenvalue weighted by Gasteiger charge is 2.16. The lowest BCUT2D eigenvalue weighted by molar-refractivity contribution is 0.0515. The molecule has 0 unspecified atom stereocenters. The lowest BCUT2D eigenvalue weighted by Gasteiger charge is -2.19. The lowest BCUT2D eigenvalue weighted by atomic mass is 10.1. The maximum atomic E-state index is 11.4. The molecule has 24 heavy (non-hydrogen) atoms. The van der Waals surface area contributed by atoms with Gasteiger partial charge in [0.2, 0.25) is 0 Å². The van der Waals surface area contributed by atoms with Crippen LogP contribution < -0.4 is 10.6 Å². The van der Waals surface area contributed by atoms with Gasteiger partial charge in [0.1, 0.15) is 11.2 Å². The maximum absolute atomic E-state index is 11.4. The molecule has 0 spiro atoms. The highest BCUT2D eigenvalue weighted by molar-refractivity contribution is 5.67. The van der Waals surface area contributed by atoms with Crippen LogP contribution in [-0.4, -0.2) is 36.5 Å². The smallest absolute Gasteiger partial charge is 0.407 e. The van der Waals surface area contributed by atoms with Gasteiger partial charge >= 0.3 is 12.2 Å². The van der Waals surface area contributed by atoms with Gasteiger partial charge in [-0.1, -0.05) is 25.7 Å². The fourth-order valence-electron chi connectivity index (χ4n) is 1.97. The number of carbonyl (C=O) groups excluding carboxylic acids is 2. The quantitative estimate of drug-likeness (QED) is 0.609. The normalized spacial score (nSPS) is 11.8. The summed E-state index contributed by atoms with van der Waals surface area (Å²) < 4.78 is 10.3. The van der Waals surface area contributed by atoms with E-state index in [9.17, 15) is 9.59 Å². The molecule has 0 bridgehead atoms. The molecule has 0 rings (SSSR count). The zero-order valence-electron chi connectivity index (χ0n) is 16.3. The summed E-state index contributed by atoms with van der Waals surface area (Å²) in [4.78, 5) is 22.9. The van der Waals surface area contributed by atoms with Crippen molar-refractivity contribution in [3.63, 3.8) is 0 Å². The Morgan fingerprint density at radius 2 is 0.917 bits per heavy atom. The van der Waals surface area contributed by atoms with E-state index in [1.807, 2.05) is 41.5 Å². The third kappa shape index (κ3) is 16.9. The van der Waals surface area contributed by atoms with E-state index in [0.29, 0.717) is 13.1 Å². The van der Waals surface area contributed by atoms with Gasteiger partial charge in [-0.15, -0.1) is 0 Å². The average molecular weight is 344 g/mol. The molecule has 0 radical (unpaired) electrons. The zero-order chi connectivity index (χ0) is 18.6. The molecule has 6 heteroatoms. The Kier molecular flexibility index (Phi) is 10.5. The number of amides is 2. The van der Waals surface area contributed by atoms with Crippen molar-refractivity contribution < 1.29 is 19.1 Å². The van der Waals surface area contributed by atoms with Crippen LogP contribution >= 0.6 is 0 Å². The summed E-state index contributed by atoms with van der Waals surface area (Å²) in [5.41, 5.74) is -0.894. The van der Waals surface area contributed by atoms with Crippen molar-refractivity contribution >= 4 is 12.2 Å². The average Bonchev–Trinajstić information content (AvgIpc) is 2.36. The molecule has 6 nitrogen and oxygen atoms in total. The summed E-state index contributed by atoms with van der Waals surface area (Å²) >= 11 is 0. The van der Waals surface area contributed by atoms with Gasteiger partial charge in [0.25, 0.3) is 0 Å². The van der Waals surface area contributed by atoms with Crippen LogP contribution in [0.3, 0.4) is 0 Å². The van der Waals surface area contributed by atoms with Crippen LogP contribution in [0, 0.1) is 0 Å². The van der Waals surface area contributed by atoms with E-state index >= 15 is 0 Å². The predicted octanol–water partition coefficient (Wildman–Crippen LogP) is 4.38. The Morgan fingerprint density at radius 3 is 1.21 bits per heavy atom. The van der Waals surface area contributed by atoms with Gasteiger partial charge in [-0.2, -0.15) is 0 Å². The number of hydrogen-bond acceptors (Lipinski definition) is 4. The Labute approximate surface area is 147 Å². The number of carbonyl (C=O) groups is 2. The van der Waals surface area contributed by atoms with Gasteiger partial charge in [-0.05, 0) is 54.4 Å². The second-order valence-corrected chi connectivity index (χ2v) is 7.98. The highest BCUT2D eigenvalue weighted by Crippen LogP contribution is 2.08. The summed E-state index contributed by atoms with van der Waals surface area (Å²) in [6, 6.07) is 0. The van der Waals surface area contributed by atoms with Crippen LogP contribution in [0.5, 0.6) is 0 Å². The van der Waals surface area contributed by atoms with E-state index in [1.54, 1.807) is 0 Å². The second kappa shape index (κ2) is 11.2. The molecule has 142 valence electrons. The van der Waals surface area contributed by atoms with Crippen LogP contribution in [-0.2, 0) is 9.47 Å². The number of rotatable bonds is 9. The minimum Gasteiger partial charge on any atom is -0.444 e. The summed E-state index contributed by atoms with van der Waals surface area (Å²) in [6.45, 7) is 12.4. The van der Waals surface area contributed by atoms with E-state index in [0.717, 1.165) is 38.5 Å². The van der Waals surface area contributed by atoms with E-state index in [4.69, 9.17) is 9.47 Å². The first kappa shape index (κ1) is 22.5. The molecule has 0 fully saturated rings. The van der Waals surface area contributed by atoms with Crippen molar-refractivity contribution in [1.29, 1.82) is 0 Å². The van der Waals surface area contributed by atoms with E-state index in [1.165, 1.54) is 0 Å². The molecule has 0 heterocycles. The molecule has 0 atom stereocenters. The van der Waals surface area contributed by atoms with E-state index in [-0.39, 0.29) is 12.2 Å². The molecule has 0 saturated heterocycles. The topological polar surface area (TPSA) is 76.7 Å². The third-order valence-electron chi connectivity index (χ3n) is 2.94. The SMILES string of the molecule is CC(C)(C)OC(=O)NCCCCCCCCNC(=O)OC(C)(C)C. The summed E-state index contributed by atoms with van der Waals surface area (Å²) in [5, 5.41) is 5.52. The first-order valence-electron chi connectivity index (χ1n) is 8.93. The van der Waals surface area contributed by atoms with Crippen molar-refractivity contribution in [3.05, 3.63) is 0 Å². The van der Waals surface area contributed by atoms with Gasteiger partial charge in [0.05, 0.1) is 0 Å². The lowest BCUT2D eigenvalue weighted by Crippen LogP contribution is -2.33. The van der Waals surface area contributed by atoms with Crippen LogP contribution in [0.25, 0.3) is 0 Å². The standard InChI is InChI=1S/C18H36N2O4/c1-17(2,3)23-15(21)19-13-11-9-7-8-10-12-14-20-16(22)24-18(4,5)6/h7-14H2,1-6H3,(H,19,21)(H,20,22). The second-order valence-electron chi connectivity index (χ2n) is 7.98. The van der Waals surface area contributed by atoms with Gasteiger partial charge < -0.3 is 20.1 Å². The fourth-order valence-corrected chi connectivity index (χ4v) is 1.97. The number of alkyl carbamates (subject to hydrolysis) is 2. The summed E-state index contributed by atoms with van der Waals surface area (Å²) in [5.74, 6) is 0. The van der Waals surface area contributed by atoms with Gasteiger partial charge in [0, 0.05) is 13.1 Å². The first-order valence-corrected chi connectivity index (χ1v) is 8.93. The molecular weight excluding hydrogens is 308 g/mol. The van der Waals surface area contributed by atoms with Crippen molar-refractivity contribution in [2.45, 2.75) is 91.3 Å². The maximum Gasteiger partial charge on any atom is 0.407 e. The van der Waals surface area contributed by atoms with Crippen LogP contribution in [0.1, 0.15) is 80.1 Å². The monoisotopic (exact) mass is 344 g/mol. The molecule has 0 aliphatic rings. The minimum absolute atomic E-state index is 0.351. The molecule has 0 saturated carbocycles. The number of hydrogen-bond donors (Lipinski definition) is 2. The van der Waals surface area contributed by atoms with Crippen molar-refractivity contribution in [2.24, 2.45) is 0 Å². The molecule has 0 aromatic carbocycles. The summed E-state index contributed by atoms with van der Waals surface area (Å²) in [7, 11) is 0. The van der Waals surface area contributed by atoms with Crippen LogP contribution in [0.15, 0.2) is 0 Å². The van der Waals surface area contributed by atoms with E-state index < -0.39 is 11.2 Å². The number of unbranched alkanes of at least 4 members (excludes halogenated alkanes) is 5. The molecule has 2 amide bonds. The first-order chi connectivity index (χ1) is 11.0. The number of nitrogens with one attached hydrogen (secondary N) is 2. The van der Waals surface area contributed by atoms with Crippen LogP contribution in [0.4, 0.5) is 9.59 Å². The largest absolute Gasteiger partial charge is 0.444 e. The zero-order valence-corrected chi connectivity index (χ0v) is 16.3. The van der Waals surface area contributed by atoms with Crippen molar-refractivity contribution in [3.8, 4) is 0 Å². The number of ether oxygens (including phenoxy) is 2. The predicted molar refractivity (Wildman–Crippen MR) is 96.2 cm³/mol. The Bertz CT molecular complexity index is 334. The van der Waals surface area contributed by atoms with Crippen molar-refractivity contribution in [1.82, 2.24) is 10.6 Å². The minimum atomic E-state index is -0.447. The molecular formula is C18H36N2O4. The molecule has 0 aliphatic carbocycles. The molecule has 0 aromatic heterocycles. The van der Waals surface area contributed by atoms with Crippen LogP contribution in [0.2, 0.25) is 0 Å². The third-order valence-corrected chi connectivity index (χ3v) is 2.94. The molecule has 0 aromatic rings. The van der Waals surface area contributed by atoms with Gasteiger partial charge in [-0.25, -0.2) is 9.59 Å². The van der Waals surface area contributed by atoms with Gasteiger partial charge in [-0.3, -0.25) is 0 Å². The Morgan fingerprint density at radius 1 is 0.625 bits per heavy atom. The molecule has 0 aliphatic heterocycles. The van der Waals surface area contributed by atoms with E-state index in [2.05, 4.69) is 10.6 Å². The highest BCUT2D eigenvalue weighted by atomic mass is 16.6. The Hall–Kier alpha value is -1.46. The molecule has 2 N–H and O–H groups in total. The van der Waals surface area contributed by atoms with Crippen molar-refractivity contribution in [2.75, 3.05) is 13.1 Å². The fraction of sp³-hybridized carbons (Fsp3) is 0.889. The summed E-state index contributed by atoms with van der Waals surface area (Å²) in [6.07, 6.45) is 5.62. The van der Waals surface area contributed by atoms with Gasteiger partial charge in [0.15, 0.2) is 0 Å².